The van der Waals surface area contributed by atoms with Crippen molar-refractivity contribution >= 4 is 41.4 Å². The van der Waals surface area contributed by atoms with Crippen LogP contribution in [0.5, 0.6) is 0 Å². The van der Waals surface area contributed by atoms with Gasteiger partial charge in [-0.3, -0.25) is 0 Å². The molecule has 0 aliphatic carbocycles. The second-order valence-corrected chi connectivity index (χ2v) is 8.81. The molecule has 180 valence electrons. The minimum atomic E-state index is 0.922. The number of hydrogen-bond acceptors (Lipinski definition) is 3. The molecule has 0 amide bonds. The first-order valence-electron chi connectivity index (χ1n) is 12.2. The van der Waals surface area contributed by atoms with Crippen molar-refractivity contribution in [2.24, 2.45) is 14.1 Å². The Kier molecular flexibility index (Phi) is 7.23. The summed E-state index contributed by atoms with van der Waals surface area (Å²) in [6, 6.07) is 27.6. The van der Waals surface area contributed by atoms with Crippen LogP contribution in [-0.2, 0) is 14.1 Å². The number of benzene rings is 3. The molecule has 5 heteroatoms. The maximum atomic E-state index is 4.40. The molecule has 0 bridgehead atoms. The molecule has 0 saturated heterocycles. The quantitative estimate of drug-likeness (QED) is 0.269. The molecule has 0 aliphatic rings. The van der Waals surface area contributed by atoms with Crippen LogP contribution in [0.25, 0.3) is 24.3 Å². The summed E-state index contributed by atoms with van der Waals surface area (Å²) in [6.45, 7) is 0. The highest BCUT2D eigenvalue weighted by Gasteiger charge is 2.12. The van der Waals surface area contributed by atoms with Crippen LogP contribution in [0.4, 0.5) is 17.1 Å². The molecule has 5 nitrogen and oxygen atoms in total. The van der Waals surface area contributed by atoms with Crippen molar-refractivity contribution in [3.63, 3.8) is 0 Å². The fraction of sp³-hybridized carbons (Fsp3) is 0.0625. The molecule has 0 atom stereocenters. The zero-order chi connectivity index (χ0) is 25.5. The molecule has 0 unspecified atom stereocenters. The van der Waals surface area contributed by atoms with Gasteiger partial charge in [0.15, 0.2) is 24.8 Å². The van der Waals surface area contributed by atoms with E-state index in [0.717, 1.165) is 39.6 Å². The van der Waals surface area contributed by atoms with Gasteiger partial charge in [-0.1, -0.05) is 54.6 Å². The van der Waals surface area contributed by atoms with Crippen LogP contribution in [0.3, 0.4) is 0 Å². The van der Waals surface area contributed by atoms with Crippen molar-refractivity contribution in [1.29, 1.82) is 0 Å². The maximum absolute atomic E-state index is 4.40. The highest BCUT2D eigenvalue weighted by molar-refractivity contribution is 5.79. The standard InChI is InChI=1S/C32H29N5/c1-35-22-20-33-28(24-35)14-8-26-10-16-31(17-11-26)37(30-6-4-3-5-7-30)32-18-12-27(13-19-32)9-15-29-25-36(2)23-21-34-29/h3-25H,1-2H3/q+2/b14-8+,15-9+. The Hall–Kier alpha value is -4.90. The van der Waals surface area contributed by atoms with Crippen LogP contribution in [0.2, 0.25) is 0 Å². The number of rotatable bonds is 7. The molecule has 37 heavy (non-hydrogen) atoms. The third kappa shape index (κ3) is 6.21. The summed E-state index contributed by atoms with van der Waals surface area (Å²) in [5, 5.41) is 0. The van der Waals surface area contributed by atoms with E-state index in [1.54, 1.807) is 12.4 Å². The molecule has 0 fully saturated rings. The van der Waals surface area contributed by atoms with Crippen molar-refractivity contribution in [1.82, 2.24) is 9.97 Å². The van der Waals surface area contributed by atoms with Crippen LogP contribution < -0.4 is 14.0 Å². The van der Waals surface area contributed by atoms with E-state index in [2.05, 4.69) is 99.8 Å². The minimum absolute atomic E-state index is 0.922. The SMILES string of the molecule is C[n+]1ccnc(/C=C/c2ccc(N(c3ccccc3)c3ccc(/C=C/c4c[n+](C)ccn4)cc3)cc2)c1. The lowest BCUT2D eigenvalue weighted by Crippen LogP contribution is -2.27. The van der Waals surface area contributed by atoms with E-state index in [1.807, 2.05) is 66.2 Å². The van der Waals surface area contributed by atoms with Gasteiger partial charge in [-0.15, -0.1) is 0 Å². The molecule has 5 rings (SSSR count). The average Bonchev–Trinajstić information content (AvgIpc) is 2.93. The lowest BCUT2D eigenvalue weighted by atomic mass is 10.1. The average molecular weight is 484 g/mol. The van der Waals surface area contributed by atoms with Gasteiger partial charge < -0.3 is 4.90 Å². The monoisotopic (exact) mass is 483 g/mol. The Morgan fingerprint density at radius 1 is 0.541 bits per heavy atom. The molecule has 2 aromatic heterocycles. The summed E-state index contributed by atoms with van der Waals surface area (Å²) in [7, 11) is 3.99. The van der Waals surface area contributed by atoms with Gasteiger partial charge in [0.1, 0.15) is 25.5 Å². The van der Waals surface area contributed by atoms with E-state index in [4.69, 9.17) is 0 Å². The number of aromatic nitrogens is 4. The predicted molar refractivity (Wildman–Crippen MR) is 150 cm³/mol. The number of para-hydroxylation sites is 1. The van der Waals surface area contributed by atoms with Crippen molar-refractivity contribution in [2.45, 2.75) is 0 Å². The molecule has 0 spiro atoms. The second kappa shape index (κ2) is 11.2. The van der Waals surface area contributed by atoms with Gasteiger partial charge in [-0.05, 0) is 59.7 Å². The highest BCUT2D eigenvalue weighted by Crippen LogP contribution is 2.34. The largest absolute Gasteiger partial charge is 0.311 e. The molecular formula is C32H29N5+2. The highest BCUT2D eigenvalue weighted by atomic mass is 15.1. The van der Waals surface area contributed by atoms with Gasteiger partial charge in [0.25, 0.3) is 0 Å². The first-order valence-corrected chi connectivity index (χ1v) is 12.2. The van der Waals surface area contributed by atoms with Gasteiger partial charge in [0.05, 0.1) is 12.4 Å². The Morgan fingerprint density at radius 3 is 1.41 bits per heavy atom. The lowest BCUT2D eigenvalue weighted by molar-refractivity contribution is -0.672. The fourth-order valence-electron chi connectivity index (χ4n) is 4.05. The Labute approximate surface area is 218 Å². The minimum Gasteiger partial charge on any atom is -0.311 e. The van der Waals surface area contributed by atoms with E-state index in [1.165, 1.54) is 0 Å². The van der Waals surface area contributed by atoms with Gasteiger partial charge in [-0.25, -0.2) is 19.1 Å². The van der Waals surface area contributed by atoms with Crippen molar-refractivity contribution in [3.05, 3.63) is 139 Å². The number of anilines is 3. The number of nitrogens with zero attached hydrogens (tertiary/aromatic N) is 5. The second-order valence-electron chi connectivity index (χ2n) is 8.81. The summed E-state index contributed by atoms with van der Waals surface area (Å²) < 4.78 is 3.99. The molecule has 0 aliphatic heterocycles. The van der Waals surface area contributed by atoms with Crippen LogP contribution in [-0.4, -0.2) is 9.97 Å². The zero-order valence-electron chi connectivity index (χ0n) is 21.0. The third-order valence-corrected chi connectivity index (χ3v) is 5.93. The molecule has 0 radical (unpaired) electrons. The van der Waals surface area contributed by atoms with E-state index in [9.17, 15) is 0 Å². The summed E-state index contributed by atoms with van der Waals surface area (Å²) >= 11 is 0. The smallest absolute Gasteiger partial charge is 0.194 e. The Morgan fingerprint density at radius 2 is 0.973 bits per heavy atom. The van der Waals surface area contributed by atoms with Gasteiger partial charge in [0, 0.05) is 17.1 Å². The van der Waals surface area contributed by atoms with E-state index in [0.29, 0.717) is 0 Å². The van der Waals surface area contributed by atoms with Crippen molar-refractivity contribution in [2.75, 3.05) is 4.90 Å². The number of hydrogen-bond donors (Lipinski definition) is 0. The summed E-state index contributed by atoms with van der Waals surface area (Å²) in [6.07, 6.45) is 19.7. The van der Waals surface area contributed by atoms with Crippen molar-refractivity contribution in [3.8, 4) is 0 Å². The van der Waals surface area contributed by atoms with E-state index >= 15 is 0 Å². The van der Waals surface area contributed by atoms with Crippen LogP contribution in [0.1, 0.15) is 22.5 Å². The summed E-state index contributed by atoms with van der Waals surface area (Å²) in [5.41, 5.74) is 7.38. The molecule has 3 aromatic carbocycles. The molecular weight excluding hydrogens is 454 g/mol. The van der Waals surface area contributed by atoms with Crippen LogP contribution >= 0.6 is 0 Å². The van der Waals surface area contributed by atoms with E-state index < -0.39 is 0 Å². The summed E-state index contributed by atoms with van der Waals surface area (Å²) in [4.78, 5) is 11.1. The Balaban J connectivity index is 1.39. The topological polar surface area (TPSA) is 36.8 Å². The van der Waals surface area contributed by atoms with E-state index in [-0.39, 0.29) is 0 Å². The van der Waals surface area contributed by atoms with Gasteiger partial charge >= 0.3 is 0 Å². The molecule has 0 N–H and O–H groups in total. The first kappa shape index (κ1) is 23.8. The lowest BCUT2D eigenvalue weighted by Gasteiger charge is -2.25. The maximum Gasteiger partial charge on any atom is 0.194 e. The first-order chi connectivity index (χ1) is 18.1. The van der Waals surface area contributed by atoms with Crippen molar-refractivity contribution < 1.29 is 9.13 Å². The zero-order valence-corrected chi connectivity index (χ0v) is 21.0. The third-order valence-electron chi connectivity index (χ3n) is 5.93. The normalized spacial score (nSPS) is 11.3. The van der Waals surface area contributed by atoms with Crippen LogP contribution in [0.15, 0.2) is 116 Å². The van der Waals surface area contributed by atoms with Gasteiger partial charge in [0.2, 0.25) is 0 Å². The van der Waals surface area contributed by atoms with Gasteiger partial charge in [-0.2, -0.15) is 0 Å². The number of aryl methyl sites for hydroxylation is 2. The van der Waals surface area contributed by atoms with Crippen LogP contribution in [0, 0.1) is 0 Å². The molecule has 0 saturated carbocycles. The molecule has 5 aromatic rings. The molecule has 2 heterocycles. The predicted octanol–water partition coefficient (Wildman–Crippen LogP) is 5.94. The fourth-order valence-corrected chi connectivity index (χ4v) is 4.05. The summed E-state index contributed by atoms with van der Waals surface area (Å²) in [5.74, 6) is 0. The Bertz CT molecular complexity index is 1420.